The number of benzene rings is 6. The highest BCUT2D eigenvalue weighted by atomic mass is 15.2. The van der Waals surface area contributed by atoms with Crippen LogP contribution in [0.3, 0.4) is 0 Å². The highest BCUT2D eigenvalue weighted by Crippen LogP contribution is 2.38. The highest BCUT2D eigenvalue weighted by Gasteiger charge is 2.25. The predicted octanol–water partition coefficient (Wildman–Crippen LogP) is 11.3. The number of allylic oxidation sites excluding steroid dienone is 3. The Kier molecular flexibility index (Phi) is 9.30. The van der Waals surface area contributed by atoms with Crippen molar-refractivity contribution in [2.24, 2.45) is 0 Å². The summed E-state index contributed by atoms with van der Waals surface area (Å²) in [5.41, 5.74) is 14.3. The first kappa shape index (κ1) is 31.7. The number of nitrogens with zero attached hydrogens (tertiary/aromatic N) is 2. The maximum absolute atomic E-state index is 2.46. The number of hydrogen-bond donors (Lipinski definition) is 0. The molecule has 7 aromatic rings. The number of aromatic nitrogens is 1. The summed E-state index contributed by atoms with van der Waals surface area (Å²) in [4.78, 5) is 2.46. The lowest BCUT2D eigenvalue weighted by atomic mass is 9.95. The first-order valence-electron chi connectivity index (χ1n) is 17.6. The van der Waals surface area contributed by atoms with Crippen molar-refractivity contribution in [1.82, 2.24) is 4.90 Å². The van der Waals surface area contributed by atoms with Gasteiger partial charge in [-0.1, -0.05) is 158 Å². The van der Waals surface area contributed by atoms with E-state index in [9.17, 15) is 0 Å². The Hall–Kier alpha value is -6.51. The number of rotatable bonds is 9. The second kappa shape index (κ2) is 14.9. The van der Waals surface area contributed by atoms with Crippen molar-refractivity contribution in [3.05, 3.63) is 240 Å². The Morgan fingerprint density at radius 3 is 1.22 bits per heavy atom. The van der Waals surface area contributed by atoms with E-state index < -0.39 is 0 Å². The van der Waals surface area contributed by atoms with Crippen molar-refractivity contribution in [1.29, 1.82) is 0 Å². The molecule has 8 rings (SSSR count). The van der Waals surface area contributed by atoms with Gasteiger partial charge in [0, 0.05) is 46.8 Å². The molecule has 0 unspecified atom stereocenters. The third kappa shape index (κ3) is 7.27. The molecule has 0 N–H and O–H groups in total. The molecule has 0 aliphatic carbocycles. The van der Waals surface area contributed by atoms with Crippen molar-refractivity contribution in [3.8, 4) is 22.5 Å². The summed E-state index contributed by atoms with van der Waals surface area (Å²) in [5.74, 6) is 0. The van der Waals surface area contributed by atoms with Gasteiger partial charge in [0.1, 0.15) is 0 Å². The molecule has 51 heavy (non-hydrogen) atoms. The Bertz CT molecular complexity index is 2190. The van der Waals surface area contributed by atoms with E-state index in [2.05, 4.69) is 222 Å². The minimum atomic E-state index is 0.761. The van der Waals surface area contributed by atoms with Crippen LogP contribution in [-0.4, -0.2) is 4.90 Å². The maximum Gasteiger partial charge on any atom is 0.213 e. The average Bonchev–Trinajstić information content (AvgIpc) is 3.21. The van der Waals surface area contributed by atoms with Gasteiger partial charge in [-0.3, -0.25) is 0 Å². The third-order valence-corrected chi connectivity index (χ3v) is 9.36. The van der Waals surface area contributed by atoms with Crippen LogP contribution in [0, 0.1) is 0 Å². The van der Waals surface area contributed by atoms with Crippen molar-refractivity contribution in [2.45, 2.75) is 13.1 Å². The summed E-state index contributed by atoms with van der Waals surface area (Å²) < 4.78 is 2.46. The summed E-state index contributed by atoms with van der Waals surface area (Å²) in [7, 11) is 0. The topological polar surface area (TPSA) is 7.12 Å². The second-order valence-corrected chi connectivity index (χ2v) is 12.9. The first-order chi connectivity index (χ1) is 25.3. The van der Waals surface area contributed by atoms with Gasteiger partial charge in [-0.25, -0.2) is 0 Å². The second-order valence-electron chi connectivity index (χ2n) is 12.9. The molecule has 1 aliphatic rings. The molecule has 0 atom stereocenters. The highest BCUT2D eigenvalue weighted by molar-refractivity contribution is 5.86. The summed E-state index contributed by atoms with van der Waals surface area (Å²) in [6.45, 7) is 1.52. The summed E-state index contributed by atoms with van der Waals surface area (Å²) >= 11 is 0. The Balaban J connectivity index is 1.34. The van der Waals surface area contributed by atoms with Crippen LogP contribution in [0.15, 0.2) is 212 Å². The van der Waals surface area contributed by atoms with Crippen LogP contribution in [0.4, 0.5) is 0 Å². The lowest BCUT2D eigenvalue weighted by Gasteiger charge is -2.34. The van der Waals surface area contributed by atoms with Crippen LogP contribution in [-0.2, 0) is 13.1 Å². The van der Waals surface area contributed by atoms with E-state index in [0.717, 1.165) is 24.2 Å². The zero-order valence-corrected chi connectivity index (χ0v) is 28.5. The number of pyridine rings is 1. The van der Waals surface area contributed by atoms with Gasteiger partial charge < -0.3 is 4.90 Å². The van der Waals surface area contributed by atoms with Gasteiger partial charge in [0.15, 0.2) is 6.54 Å². The van der Waals surface area contributed by atoms with Crippen molar-refractivity contribution >= 4 is 17.5 Å². The van der Waals surface area contributed by atoms with Crippen LogP contribution >= 0.6 is 0 Å². The fourth-order valence-electron chi connectivity index (χ4n) is 6.91. The van der Waals surface area contributed by atoms with Crippen molar-refractivity contribution < 1.29 is 4.57 Å². The standard InChI is InChI=1S/C49H39N2/c1-7-19-38(20-8-1)36-50-46(42-23-11-3-12-24-42)32-40(33-47(50)43-25-13-4-14-26-43)31-41-34-48(44-27-15-5-16-28-44)51(37-39-21-9-2-10-22-39)49(35-41)45-29-17-6-18-30-45/h1-35H,36-37H2/q+1. The molecule has 0 amide bonds. The minimum absolute atomic E-state index is 0.761. The molecule has 6 aromatic carbocycles. The van der Waals surface area contributed by atoms with Crippen LogP contribution < -0.4 is 4.57 Å². The van der Waals surface area contributed by atoms with Crippen molar-refractivity contribution in [3.63, 3.8) is 0 Å². The molecule has 244 valence electrons. The normalized spacial score (nSPS) is 12.6. The number of hydrogen-bond acceptors (Lipinski definition) is 1. The molecule has 0 radical (unpaired) electrons. The van der Waals surface area contributed by atoms with Crippen LogP contribution in [0.1, 0.15) is 27.8 Å². The molecule has 2 heteroatoms. The van der Waals surface area contributed by atoms with Crippen molar-refractivity contribution in [2.75, 3.05) is 0 Å². The Morgan fingerprint density at radius 2 is 0.784 bits per heavy atom. The first-order valence-corrected chi connectivity index (χ1v) is 17.6. The Labute approximate surface area is 301 Å². The molecule has 1 aliphatic heterocycles. The largest absolute Gasteiger partial charge is 0.336 e. The predicted molar refractivity (Wildman–Crippen MR) is 212 cm³/mol. The molecular formula is C49H39N2+. The van der Waals surface area contributed by atoms with E-state index in [1.54, 1.807) is 0 Å². The molecule has 0 spiro atoms. The molecule has 1 aromatic heterocycles. The summed E-state index contributed by atoms with van der Waals surface area (Å²) in [6.07, 6.45) is 7.04. The van der Waals surface area contributed by atoms with Gasteiger partial charge in [0.2, 0.25) is 11.4 Å². The minimum Gasteiger partial charge on any atom is -0.336 e. The Morgan fingerprint density at radius 1 is 0.412 bits per heavy atom. The smallest absolute Gasteiger partial charge is 0.213 e. The lowest BCUT2D eigenvalue weighted by Crippen LogP contribution is -2.39. The summed E-state index contributed by atoms with van der Waals surface area (Å²) in [6, 6.07) is 69.3. The van der Waals surface area contributed by atoms with Gasteiger partial charge >= 0.3 is 0 Å². The zero-order chi connectivity index (χ0) is 34.2. The van der Waals surface area contributed by atoms with E-state index in [4.69, 9.17) is 0 Å². The van der Waals surface area contributed by atoms with Crippen LogP contribution in [0.25, 0.3) is 40.0 Å². The van der Waals surface area contributed by atoms with E-state index >= 15 is 0 Å². The van der Waals surface area contributed by atoms with E-state index in [0.29, 0.717) is 0 Å². The van der Waals surface area contributed by atoms with Gasteiger partial charge in [-0.2, -0.15) is 4.57 Å². The fraction of sp³-hybridized carbons (Fsp3) is 0.0408. The zero-order valence-electron chi connectivity index (χ0n) is 28.5. The maximum atomic E-state index is 2.46. The van der Waals surface area contributed by atoms with Gasteiger partial charge in [0.05, 0.1) is 0 Å². The summed E-state index contributed by atoms with van der Waals surface area (Å²) in [5, 5.41) is 0. The average molecular weight is 656 g/mol. The van der Waals surface area contributed by atoms with Crippen LogP contribution in [0.5, 0.6) is 0 Å². The third-order valence-electron chi connectivity index (χ3n) is 9.36. The van der Waals surface area contributed by atoms with Gasteiger partial charge in [0.25, 0.3) is 0 Å². The molecule has 0 bridgehead atoms. The molecule has 2 heterocycles. The van der Waals surface area contributed by atoms with Crippen LogP contribution in [0.2, 0.25) is 0 Å². The fourth-order valence-corrected chi connectivity index (χ4v) is 6.91. The molecule has 0 fully saturated rings. The monoisotopic (exact) mass is 655 g/mol. The van der Waals surface area contributed by atoms with E-state index in [1.165, 1.54) is 56.2 Å². The molecular weight excluding hydrogens is 617 g/mol. The van der Waals surface area contributed by atoms with E-state index in [1.807, 2.05) is 0 Å². The quantitative estimate of drug-likeness (QED) is 0.140. The van der Waals surface area contributed by atoms with Gasteiger partial charge in [-0.05, 0) is 70.3 Å². The molecule has 0 saturated carbocycles. The lowest BCUT2D eigenvalue weighted by molar-refractivity contribution is -0.666. The van der Waals surface area contributed by atoms with E-state index in [-0.39, 0.29) is 0 Å². The SMILES string of the molecule is C(=C1C=C(c2ccccc2)N(Cc2ccccc2)C(c2ccccc2)=C1)c1cc(-c2ccccc2)[n+](Cc2ccccc2)c(-c2ccccc2)c1. The molecule has 2 nitrogen and oxygen atoms in total. The van der Waals surface area contributed by atoms with Gasteiger partial charge in [-0.15, -0.1) is 0 Å². The molecule has 0 saturated heterocycles.